The zero-order valence-electron chi connectivity index (χ0n) is 21.4. The van der Waals surface area contributed by atoms with Crippen LogP contribution in [0.3, 0.4) is 0 Å². The molecule has 0 unspecified atom stereocenters. The lowest BCUT2D eigenvalue weighted by Crippen LogP contribution is -2.42. The summed E-state index contributed by atoms with van der Waals surface area (Å²) < 4.78 is 1.86. The van der Waals surface area contributed by atoms with Crippen LogP contribution in [-0.4, -0.2) is 49.0 Å². The number of nitrogens with zero attached hydrogens (tertiary/aromatic N) is 5. The van der Waals surface area contributed by atoms with E-state index in [9.17, 15) is 9.59 Å². The van der Waals surface area contributed by atoms with Gasteiger partial charge in [-0.05, 0) is 48.2 Å². The molecule has 1 N–H and O–H groups in total. The van der Waals surface area contributed by atoms with Crippen molar-refractivity contribution in [1.29, 1.82) is 0 Å². The van der Waals surface area contributed by atoms with Crippen LogP contribution in [0.25, 0.3) is 22.2 Å². The number of carbonyl (C=O) groups excluding carboxylic acids is 2. The zero-order valence-corrected chi connectivity index (χ0v) is 21.4. The van der Waals surface area contributed by atoms with Crippen LogP contribution in [0, 0.1) is 6.92 Å². The van der Waals surface area contributed by atoms with E-state index in [2.05, 4.69) is 44.5 Å². The summed E-state index contributed by atoms with van der Waals surface area (Å²) >= 11 is 0. The topological polar surface area (TPSA) is 93.0 Å². The van der Waals surface area contributed by atoms with Gasteiger partial charge in [-0.15, -0.1) is 0 Å². The number of hydrogen-bond acceptors (Lipinski definition) is 5. The first-order valence-corrected chi connectivity index (χ1v) is 12.9. The molecular formula is C29H32N6O2. The Balaban J connectivity index is 1.33. The lowest BCUT2D eigenvalue weighted by atomic mass is 10.0. The normalized spacial score (nSPS) is 13.7. The molecule has 1 aliphatic carbocycles. The van der Waals surface area contributed by atoms with E-state index < -0.39 is 0 Å². The van der Waals surface area contributed by atoms with Gasteiger partial charge in [0.1, 0.15) is 11.6 Å². The van der Waals surface area contributed by atoms with E-state index in [0.29, 0.717) is 31.2 Å². The molecule has 8 heteroatoms. The molecule has 2 aromatic carbocycles. The van der Waals surface area contributed by atoms with Gasteiger partial charge in [0.05, 0.1) is 13.0 Å². The van der Waals surface area contributed by atoms with Gasteiger partial charge in [-0.1, -0.05) is 55.3 Å². The minimum Gasteiger partial charge on any atom is -0.338 e. The van der Waals surface area contributed by atoms with Crippen molar-refractivity contribution in [2.45, 2.75) is 58.5 Å². The fourth-order valence-corrected chi connectivity index (χ4v) is 5.21. The summed E-state index contributed by atoms with van der Waals surface area (Å²) in [6.07, 6.45) is 6.44. The summed E-state index contributed by atoms with van der Waals surface area (Å²) in [5, 5.41) is 9.70. The second-order valence-electron chi connectivity index (χ2n) is 9.66. The molecule has 1 saturated carbocycles. The van der Waals surface area contributed by atoms with E-state index in [1.165, 1.54) is 6.92 Å². The molecule has 37 heavy (non-hydrogen) atoms. The maximum atomic E-state index is 13.6. The third-order valence-corrected chi connectivity index (χ3v) is 7.04. The Morgan fingerprint density at radius 3 is 2.68 bits per heavy atom. The van der Waals surface area contributed by atoms with Crippen molar-refractivity contribution < 1.29 is 9.59 Å². The molecule has 0 spiro atoms. The maximum absolute atomic E-state index is 13.6. The van der Waals surface area contributed by atoms with Gasteiger partial charge in [0.15, 0.2) is 5.82 Å². The van der Waals surface area contributed by atoms with Crippen LogP contribution in [0.5, 0.6) is 0 Å². The predicted octanol–water partition coefficient (Wildman–Crippen LogP) is 4.77. The van der Waals surface area contributed by atoms with Crippen LogP contribution in [0.2, 0.25) is 0 Å². The van der Waals surface area contributed by atoms with E-state index in [0.717, 1.165) is 53.4 Å². The second kappa shape index (κ2) is 10.9. The first kappa shape index (κ1) is 24.6. The van der Waals surface area contributed by atoms with Crippen LogP contribution in [-0.2, 0) is 22.6 Å². The third-order valence-electron chi connectivity index (χ3n) is 7.04. The number of aromatic nitrogens is 4. The van der Waals surface area contributed by atoms with E-state index in [1.807, 2.05) is 35.9 Å². The summed E-state index contributed by atoms with van der Waals surface area (Å²) in [4.78, 5) is 35.9. The number of benzene rings is 2. The smallest absolute Gasteiger partial charge is 0.227 e. The number of anilines is 1. The molecule has 8 nitrogen and oxygen atoms in total. The molecule has 0 atom stereocenters. The fraction of sp³-hybridized carbons (Fsp3) is 0.345. The van der Waals surface area contributed by atoms with Crippen molar-refractivity contribution in [2.75, 3.05) is 11.9 Å². The van der Waals surface area contributed by atoms with Gasteiger partial charge < -0.3 is 10.2 Å². The molecule has 4 aromatic rings. The highest BCUT2D eigenvalue weighted by atomic mass is 16.2. The number of fused-ring (bicyclic) bond motifs is 1. The Kier molecular flexibility index (Phi) is 7.25. The molecule has 0 saturated heterocycles. The molecule has 0 aliphatic heterocycles. The fourth-order valence-electron chi connectivity index (χ4n) is 5.21. The Labute approximate surface area is 216 Å². The van der Waals surface area contributed by atoms with E-state index >= 15 is 0 Å². The van der Waals surface area contributed by atoms with E-state index in [4.69, 9.17) is 5.10 Å². The van der Waals surface area contributed by atoms with Gasteiger partial charge in [0, 0.05) is 31.3 Å². The molecule has 2 heterocycles. The first-order valence-electron chi connectivity index (χ1n) is 12.9. The van der Waals surface area contributed by atoms with Crippen LogP contribution in [0.15, 0.2) is 60.8 Å². The van der Waals surface area contributed by atoms with E-state index in [-0.39, 0.29) is 17.9 Å². The highest BCUT2D eigenvalue weighted by Gasteiger charge is 2.27. The average Bonchev–Trinajstić information content (AvgIpc) is 3.55. The molecule has 0 bridgehead atoms. The van der Waals surface area contributed by atoms with E-state index in [1.54, 1.807) is 12.3 Å². The summed E-state index contributed by atoms with van der Waals surface area (Å²) in [6.45, 7) is 4.53. The zero-order chi connectivity index (χ0) is 25.8. The average molecular weight is 497 g/mol. The molecule has 2 aromatic heterocycles. The summed E-state index contributed by atoms with van der Waals surface area (Å²) in [5.41, 5.74) is 1.85. The molecular weight excluding hydrogens is 464 g/mol. The van der Waals surface area contributed by atoms with Crippen LogP contribution < -0.4 is 5.32 Å². The summed E-state index contributed by atoms with van der Waals surface area (Å²) in [5.74, 6) is 1.79. The van der Waals surface area contributed by atoms with Crippen LogP contribution >= 0.6 is 0 Å². The Morgan fingerprint density at radius 1 is 1.08 bits per heavy atom. The number of aryl methyl sites for hydroxylation is 1. The minimum absolute atomic E-state index is 0.162. The number of nitrogens with one attached hydrogen (secondary N) is 1. The van der Waals surface area contributed by atoms with Crippen molar-refractivity contribution in [3.63, 3.8) is 0 Å². The molecule has 5 rings (SSSR count). The van der Waals surface area contributed by atoms with Gasteiger partial charge in [0.25, 0.3) is 0 Å². The molecule has 0 radical (unpaired) electrons. The largest absolute Gasteiger partial charge is 0.338 e. The Morgan fingerprint density at radius 2 is 1.86 bits per heavy atom. The standard InChI is InChI=1S/C29H32N6O2/c1-20-31-29(24-14-15-30-27(18-24)32-21(2)36)33-35(20)17-16-34(25-11-4-5-12-25)28(37)19-23-10-7-9-22-8-3-6-13-26(22)23/h3,6-10,13-15,18,25H,4-5,11-12,16-17,19H2,1-2H3,(H,30,32,36). The van der Waals surface area contributed by atoms with Crippen molar-refractivity contribution in [3.05, 3.63) is 72.2 Å². The number of hydrogen-bond donors (Lipinski definition) is 1. The lowest BCUT2D eigenvalue weighted by Gasteiger charge is -2.29. The highest BCUT2D eigenvalue weighted by Crippen LogP contribution is 2.26. The summed E-state index contributed by atoms with van der Waals surface area (Å²) in [7, 11) is 0. The minimum atomic E-state index is -0.181. The van der Waals surface area contributed by atoms with Gasteiger partial charge in [-0.3, -0.25) is 9.59 Å². The van der Waals surface area contributed by atoms with Crippen molar-refractivity contribution >= 4 is 28.4 Å². The van der Waals surface area contributed by atoms with Crippen LogP contribution in [0.1, 0.15) is 44.0 Å². The summed E-state index contributed by atoms with van der Waals surface area (Å²) in [6, 6.07) is 18.3. The third kappa shape index (κ3) is 5.69. The van der Waals surface area contributed by atoms with Crippen LogP contribution in [0.4, 0.5) is 5.82 Å². The van der Waals surface area contributed by atoms with Crippen molar-refractivity contribution in [3.8, 4) is 11.4 Å². The SMILES string of the molecule is CC(=O)Nc1cc(-c2nc(C)n(CCN(C(=O)Cc3cccc4ccccc34)C3CCCC3)n2)ccn1. The molecule has 1 fully saturated rings. The highest BCUT2D eigenvalue weighted by molar-refractivity contribution is 5.90. The van der Waals surface area contributed by atoms with Gasteiger partial charge >= 0.3 is 0 Å². The quantitative estimate of drug-likeness (QED) is 0.379. The molecule has 1 aliphatic rings. The van der Waals surface area contributed by atoms with Crippen molar-refractivity contribution in [2.24, 2.45) is 0 Å². The number of pyridine rings is 1. The molecule has 2 amide bonds. The number of carbonyl (C=O) groups is 2. The Bertz CT molecular complexity index is 1420. The monoisotopic (exact) mass is 496 g/mol. The second-order valence-corrected chi connectivity index (χ2v) is 9.66. The number of rotatable bonds is 8. The molecule has 190 valence electrons. The predicted molar refractivity (Wildman–Crippen MR) is 144 cm³/mol. The first-order chi connectivity index (χ1) is 18.0. The lowest BCUT2D eigenvalue weighted by molar-refractivity contribution is -0.133. The number of amides is 2. The van der Waals surface area contributed by atoms with Gasteiger partial charge in [0.2, 0.25) is 11.8 Å². The van der Waals surface area contributed by atoms with Gasteiger partial charge in [-0.25, -0.2) is 14.6 Å². The van der Waals surface area contributed by atoms with Gasteiger partial charge in [-0.2, -0.15) is 5.10 Å². The van der Waals surface area contributed by atoms with Crippen molar-refractivity contribution in [1.82, 2.24) is 24.6 Å². The Hall–Kier alpha value is -4.07. The maximum Gasteiger partial charge on any atom is 0.227 e.